The Hall–Kier alpha value is -2.89. The van der Waals surface area contributed by atoms with Gasteiger partial charge in [-0.25, -0.2) is 4.79 Å². The Morgan fingerprint density at radius 1 is 1.24 bits per heavy atom. The van der Waals surface area contributed by atoms with E-state index in [-0.39, 0.29) is 5.56 Å². The number of carboxylic acids is 1. The number of carboxylic acid groups (broad SMARTS) is 1. The quantitative estimate of drug-likeness (QED) is 0.787. The SMILES string of the molecule is Cc1cc(=O)c(C(=O)N[C@@H](C(=O)O)c2ccccc2)c[nH]1. The third kappa shape index (κ3) is 3.36. The molecule has 2 rings (SSSR count). The van der Waals surface area contributed by atoms with Crippen molar-refractivity contribution in [2.75, 3.05) is 0 Å². The molecule has 0 aliphatic carbocycles. The minimum absolute atomic E-state index is 0.122. The lowest BCUT2D eigenvalue weighted by Gasteiger charge is -2.14. The molecule has 0 spiro atoms. The maximum atomic E-state index is 12.1. The summed E-state index contributed by atoms with van der Waals surface area (Å²) in [4.78, 5) is 37.9. The van der Waals surface area contributed by atoms with Crippen LogP contribution >= 0.6 is 0 Å². The normalized spacial score (nSPS) is 11.7. The van der Waals surface area contributed by atoms with Crippen molar-refractivity contribution in [1.82, 2.24) is 10.3 Å². The van der Waals surface area contributed by atoms with Gasteiger partial charge in [0.1, 0.15) is 5.56 Å². The molecule has 0 aliphatic rings. The first-order valence-corrected chi connectivity index (χ1v) is 6.27. The molecule has 6 heteroatoms. The number of carbonyl (C=O) groups is 2. The van der Waals surface area contributed by atoms with Crippen molar-refractivity contribution in [2.24, 2.45) is 0 Å². The molecule has 0 saturated heterocycles. The molecule has 0 radical (unpaired) electrons. The number of pyridine rings is 1. The summed E-state index contributed by atoms with van der Waals surface area (Å²) in [6, 6.07) is 8.37. The highest BCUT2D eigenvalue weighted by Gasteiger charge is 2.23. The van der Waals surface area contributed by atoms with Crippen molar-refractivity contribution < 1.29 is 14.7 Å². The van der Waals surface area contributed by atoms with E-state index in [1.54, 1.807) is 37.3 Å². The van der Waals surface area contributed by atoms with Gasteiger partial charge in [-0.05, 0) is 12.5 Å². The summed E-state index contributed by atoms with van der Waals surface area (Å²) in [7, 11) is 0. The van der Waals surface area contributed by atoms with Crippen LogP contribution in [0, 0.1) is 6.92 Å². The Morgan fingerprint density at radius 2 is 1.90 bits per heavy atom. The number of amides is 1. The van der Waals surface area contributed by atoms with E-state index in [1.807, 2.05) is 0 Å². The lowest BCUT2D eigenvalue weighted by molar-refractivity contribution is -0.139. The maximum Gasteiger partial charge on any atom is 0.330 e. The van der Waals surface area contributed by atoms with E-state index in [1.165, 1.54) is 12.3 Å². The van der Waals surface area contributed by atoms with E-state index < -0.39 is 23.3 Å². The summed E-state index contributed by atoms with van der Waals surface area (Å²) >= 11 is 0. The zero-order chi connectivity index (χ0) is 15.4. The second-order valence-corrected chi connectivity index (χ2v) is 4.55. The Kier molecular flexibility index (Phi) is 4.18. The van der Waals surface area contributed by atoms with Crippen molar-refractivity contribution in [3.05, 3.63) is 69.6 Å². The van der Waals surface area contributed by atoms with Crippen LogP contribution in [0.4, 0.5) is 0 Å². The zero-order valence-electron chi connectivity index (χ0n) is 11.3. The average Bonchev–Trinajstić information content (AvgIpc) is 2.45. The number of aliphatic carboxylic acids is 1. The Balaban J connectivity index is 2.27. The Morgan fingerprint density at radius 3 is 2.48 bits per heavy atom. The fourth-order valence-corrected chi connectivity index (χ4v) is 1.89. The Bertz CT molecular complexity index is 722. The lowest BCUT2D eigenvalue weighted by Crippen LogP contribution is -2.36. The van der Waals surface area contributed by atoms with Gasteiger partial charge in [-0.1, -0.05) is 30.3 Å². The summed E-state index contributed by atoms with van der Waals surface area (Å²) in [5.41, 5.74) is 0.472. The van der Waals surface area contributed by atoms with Gasteiger partial charge in [0.05, 0.1) is 0 Å². The first kappa shape index (κ1) is 14.5. The van der Waals surface area contributed by atoms with Gasteiger partial charge in [0.2, 0.25) is 0 Å². The van der Waals surface area contributed by atoms with Crippen molar-refractivity contribution in [3.63, 3.8) is 0 Å². The van der Waals surface area contributed by atoms with Crippen LogP contribution in [0.15, 0.2) is 47.4 Å². The molecule has 3 N–H and O–H groups in total. The van der Waals surface area contributed by atoms with Crippen LogP contribution in [0.1, 0.15) is 27.7 Å². The maximum absolute atomic E-state index is 12.1. The third-order valence-corrected chi connectivity index (χ3v) is 2.96. The molecule has 1 aromatic carbocycles. The second-order valence-electron chi connectivity index (χ2n) is 4.55. The molecule has 0 saturated carbocycles. The highest BCUT2D eigenvalue weighted by Crippen LogP contribution is 2.13. The summed E-state index contributed by atoms with van der Waals surface area (Å²) in [5, 5.41) is 11.6. The first-order valence-electron chi connectivity index (χ1n) is 6.27. The molecular weight excluding hydrogens is 272 g/mol. The fourth-order valence-electron chi connectivity index (χ4n) is 1.89. The van der Waals surface area contributed by atoms with E-state index in [2.05, 4.69) is 10.3 Å². The predicted octanol–water partition coefficient (Wildman–Crippen LogP) is 1.24. The van der Waals surface area contributed by atoms with Crippen LogP contribution in [0.5, 0.6) is 0 Å². The van der Waals surface area contributed by atoms with E-state index in [0.29, 0.717) is 11.3 Å². The topological polar surface area (TPSA) is 99.3 Å². The molecule has 0 fully saturated rings. The largest absolute Gasteiger partial charge is 0.479 e. The molecule has 0 bridgehead atoms. The van der Waals surface area contributed by atoms with E-state index >= 15 is 0 Å². The monoisotopic (exact) mass is 286 g/mol. The second kappa shape index (κ2) is 6.04. The summed E-state index contributed by atoms with van der Waals surface area (Å²) in [6.45, 7) is 1.69. The smallest absolute Gasteiger partial charge is 0.330 e. The van der Waals surface area contributed by atoms with Gasteiger partial charge in [0.15, 0.2) is 11.5 Å². The van der Waals surface area contributed by atoms with E-state index in [0.717, 1.165) is 0 Å². The van der Waals surface area contributed by atoms with Crippen LogP contribution in [-0.4, -0.2) is 22.0 Å². The number of aryl methyl sites for hydroxylation is 1. The summed E-state index contributed by atoms with van der Waals surface area (Å²) in [5.74, 6) is -1.93. The van der Waals surface area contributed by atoms with E-state index in [9.17, 15) is 19.5 Å². The molecule has 6 nitrogen and oxygen atoms in total. The van der Waals surface area contributed by atoms with Gasteiger partial charge < -0.3 is 15.4 Å². The number of hydrogen-bond donors (Lipinski definition) is 3. The first-order chi connectivity index (χ1) is 9.99. The number of benzene rings is 1. The highest BCUT2D eigenvalue weighted by atomic mass is 16.4. The lowest BCUT2D eigenvalue weighted by atomic mass is 10.1. The van der Waals surface area contributed by atoms with Gasteiger partial charge in [-0.2, -0.15) is 0 Å². The Labute approximate surface area is 120 Å². The number of carbonyl (C=O) groups excluding carboxylic acids is 1. The number of aromatic nitrogens is 1. The van der Waals surface area contributed by atoms with Crippen LogP contribution in [-0.2, 0) is 4.79 Å². The molecular formula is C15H14N2O4. The molecule has 21 heavy (non-hydrogen) atoms. The van der Waals surface area contributed by atoms with Gasteiger partial charge in [-0.3, -0.25) is 9.59 Å². The van der Waals surface area contributed by atoms with Crippen LogP contribution in [0.2, 0.25) is 0 Å². The number of H-pyrrole nitrogens is 1. The predicted molar refractivity (Wildman–Crippen MR) is 76.1 cm³/mol. The molecule has 0 unspecified atom stereocenters. The van der Waals surface area contributed by atoms with Gasteiger partial charge >= 0.3 is 5.97 Å². The average molecular weight is 286 g/mol. The van der Waals surface area contributed by atoms with Crippen molar-refractivity contribution in [2.45, 2.75) is 13.0 Å². The highest BCUT2D eigenvalue weighted by molar-refractivity contribution is 5.96. The van der Waals surface area contributed by atoms with Crippen molar-refractivity contribution >= 4 is 11.9 Å². The zero-order valence-corrected chi connectivity index (χ0v) is 11.3. The van der Waals surface area contributed by atoms with Crippen molar-refractivity contribution in [3.8, 4) is 0 Å². The molecule has 1 aromatic heterocycles. The number of nitrogens with one attached hydrogen (secondary N) is 2. The van der Waals surface area contributed by atoms with E-state index in [4.69, 9.17) is 0 Å². The molecule has 1 heterocycles. The molecule has 108 valence electrons. The van der Waals surface area contributed by atoms with Crippen LogP contribution in [0.25, 0.3) is 0 Å². The minimum Gasteiger partial charge on any atom is -0.479 e. The molecule has 1 atom stereocenters. The summed E-state index contributed by atoms with van der Waals surface area (Å²) < 4.78 is 0. The van der Waals surface area contributed by atoms with Gasteiger partial charge in [0, 0.05) is 18.0 Å². The standard InChI is InChI=1S/C15H14N2O4/c1-9-7-12(18)11(8-16-9)14(19)17-13(15(20)21)10-5-3-2-4-6-10/h2-8,13H,1H3,(H,16,18)(H,17,19)(H,20,21)/t13-/m1/s1. The number of rotatable bonds is 4. The van der Waals surface area contributed by atoms with Gasteiger partial charge in [-0.15, -0.1) is 0 Å². The number of aromatic amines is 1. The molecule has 1 amide bonds. The van der Waals surface area contributed by atoms with Crippen LogP contribution < -0.4 is 10.7 Å². The van der Waals surface area contributed by atoms with Gasteiger partial charge in [0.25, 0.3) is 5.91 Å². The summed E-state index contributed by atoms with van der Waals surface area (Å²) in [6.07, 6.45) is 1.27. The molecule has 2 aromatic rings. The van der Waals surface area contributed by atoms with Crippen molar-refractivity contribution in [1.29, 1.82) is 0 Å². The minimum atomic E-state index is -1.21. The number of hydrogen-bond acceptors (Lipinski definition) is 3. The fraction of sp³-hybridized carbons (Fsp3) is 0.133. The molecule has 0 aliphatic heterocycles. The van der Waals surface area contributed by atoms with Crippen LogP contribution in [0.3, 0.4) is 0 Å². The third-order valence-electron chi connectivity index (χ3n) is 2.96.